The summed E-state index contributed by atoms with van der Waals surface area (Å²) in [5.74, 6) is 1.42. The molecule has 1 aromatic heterocycles. The van der Waals surface area contributed by atoms with E-state index in [2.05, 4.69) is 43.8 Å². The number of methoxy groups -OCH3 is 2. The van der Waals surface area contributed by atoms with Crippen LogP contribution in [0.1, 0.15) is 56.3 Å². The molecule has 0 fully saturated rings. The maximum absolute atomic E-state index is 14.5. The van der Waals surface area contributed by atoms with Gasteiger partial charge in [-0.1, -0.05) is 45.0 Å². The van der Waals surface area contributed by atoms with Crippen molar-refractivity contribution in [3.8, 4) is 11.5 Å². The Morgan fingerprint density at radius 3 is 1.70 bits per heavy atom. The van der Waals surface area contributed by atoms with Gasteiger partial charge in [0.2, 0.25) is 10.0 Å². The van der Waals surface area contributed by atoms with Crippen LogP contribution < -0.4 is 9.47 Å². The smallest absolute Gasteiger partial charge is 0.220 e. The van der Waals surface area contributed by atoms with Crippen LogP contribution in [-0.2, 0) is 27.5 Å². The van der Waals surface area contributed by atoms with E-state index in [1.54, 1.807) is 33.5 Å². The Bertz CT molecular complexity index is 1290. The topological polar surface area (TPSA) is 90.9 Å². The molecule has 0 N–H and O–H groups in total. The highest BCUT2D eigenvalue weighted by Gasteiger charge is 2.44. The van der Waals surface area contributed by atoms with E-state index >= 15 is 0 Å². The highest BCUT2D eigenvalue weighted by molar-refractivity contribution is 7.89. The van der Waals surface area contributed by atoms with Gasteiger partial charge in [-0.25, -0.2) is 8.42 Å². The van der Waals surface area contributed by atoms with Crippen LogP contribution in [0.3, 0.4) is 0 Å². The molecule has 3 aromatic rings. The van der Waals surface area contributed by atoms with E-state index in [4.69, 9.17) is 13.9 Å². The van der Waals surface area contributed by atoms with Crippen molar-refractivity contribution in [1.82, 2.24) is 14.3 Å². The van der Waals surface area contributed by atoms with Gasteiger partial charge in [0.05, 0.1) is 31.8 Å². The molecule has 0 saturated carbocycles. The van der Waals surface area contributed by atoms with Crippen molar-refractivity contribution >= 4 is 18.3 Å². The molecule has 0 spiro atoms. The molecule has 0 aliphatic carbocycles. The predicted molar refractivity (Wildman–Crippen MR) is 161 cm³/mol. The first-order valence-corrected chi connectivity index (χ1v) is 17.8. The maximum atomic E-state index is 14.5. The summed E-state index contributed by atoms with van der Waals surface area (Å²) in [4.78, 5) is 8.98. The largest absolute Gasteiger partial charge is 0.497 e. The van der Waals surface area contributed by atoms with Crippen molar-refractivity contribution in [3.63, 3.8) is 0 Å². The van der Waals surface area contributed by atoms with Crippen LogP contribution in [-0.4, -0.2) is 50.5 Å². The average molecular weight is 586 g/mol. The van der Waals surface area contributed by atoms with E-state index in [9.17, 15) is 8.42 Å². The SMILES string of the molecule is COc1ccc(CN(Cc2ccc(OC)cc2)S(=O)(=O)[C@@H](C)[C@@H](O[Si](C)(C)C(C)(C)C)c2cnc(C)cn2)cc1. The van der Waals surface area contributed by atoms with Crippen molar-refractivity contribution < 1.29 is 22.3 Å². The monoisotopic (exact) mass is 585 g/mol. The lowest BCUT2D eigenvalue weighted by Crippen LogP contribution is -2.47. The lowest BCUT2D eigenvalue weighted by Gasteiger charge is -2.41. The molecule has 40 heavy (non-hydrogen) atoms. The Morgan fingerprint density at radius 2 is 1.32 bits per heavy atom. The Labute approximate surface area is 240 Å². The van der Waals surface area contributed by atoms with E-state index in [1.807, 2.05) is 55.5 Å². The minimum atomic E-state index is -3.90. The van der Waals surface area contributed by atoms with Gasteiger partial charge in [-0.3, -0.25) is 9.97 Å². The molecule has 0 bridgehead atoms. The fourth-order valence-electron chi connectivity index (χ4n) is 3.94. The number of aryl methyl sites for hydroxylation is 1. The third-order valence-electron chi connectivity index (χ3n) is 7.61. The van der Waals surface area contributed by atoms with Crippen LogP contribution in [0, 0.1) is 6.92 Å². The molecule has 3 rings (SSSR count). The molecule has 1 heterocycles. The van der Waals surface area contributed by atoms with E-state index in [-0.39, 0.29) is 18.1 Å². The number of hydrogen-bond donors (Lipinski definition) is 0. The highest BCUT2D eigenvalue weighted by atomic mass is 32.2. The highest BCUT2D eigenvalue weighted by Crippen LogP contribution is 2.41. The number of rotatable bonds is 12. The van der Waals surface area contributed by atoms with Crippen LogP contribution in [0.4, 0.5) is 0 Å². The summed E-state index contributed by atoms with van der Waals surface area (Å²) in [6.45, 7) is 14.6. The zero-order chi connectivity index (χ0) is 29.7. The van der Waals surface area contributed by atoms with E-state index in [0.717, 1.165) is 16.8 Å². The third-order valence-corrected chi connectivity index (χ3v) is 14.2. The van der Waals surface area contributed by atoms with E-state index in [1.165, 1.54) is 4.31 Å². The van der Waals surface area contributed by atoms with Crippen molar-refractivity contribution in [3.05, 3.63) is 83.4 Å². The lowest BCUT2D eigenvalue weighted by molar-refractivity contribution is 0.173. The zero-order valence-corrected chi connectivity index (χ0v) is 27.0. The molecule has 0 aliphatic rings. The minimum Gasteiger partial charge on any atom is -0.497 e. The van der Waals surface area contributed by atoms with Crippen molar-refractivity contribution in [1.29, 1.82) is 0 Å². The molecule has 8 nitrogen and oxygen atoms in total. The quantitative estimate of drug-likeness (QED) is 0.231. The zero-order valence-electron chi connectivity index (χ0n) is 25.1. The van der Waals surface area contributed by atoms with Gasteiger partial charge < -0.3 is 13.9 Å². The van der Waals surface area contributed by atoms with Gasteiger partial charge in [0.25, 0.3) is 0 Å². The number of benzene rings is 2. The summed E-state index contributed by atoms with van der Waals surface area (Å²) < 4.78 is 47.8. The Hall–Kier alpha value is -2.79. The first-order valence-electron chi connectivity index (χ1n) is 13.4. The molecule has 0 amide bonds. The molecule has 0 saturated heterocycles. The van der Waals surface area contributed by atoms with Gasteiger partial charge in [-0.15, -0.1) is 0 Å². The van der Waals surface area contributed by atoms with Crippen LogP contribution >= 0.6 is 0 Å². The normalized spacial score (nSPS) is 14.2. The van der Waals surface area contributed by atoms with Gasteiger partial charge in [-0.05, 0) is 67.4 Å². The second kappa shape index (κ2) is 12.8. The fourth-order valence-corrected chi connectivity index (χ4v) is 6.98. The fraction of sp³-hybridized carbons (Fsp3) is 0.467. The molecule has 0 radical (unpaired) electrons. The second-order valence-electron chi connectivity index (χ2n) is 11.6. The first kappa shape index (κ1) is 31.7. The molecule has 0 unspecified atom stereocenters. The number of aromatic nitrogens is 2. The summed E-state index contributed by atoms with van der Waals surface area (Å²) in [6.07, 6.45) is 2.51. The summed E-state index contributed by atoms with van der Waals surface area (Å²) in [5.41, 5.74) is 2.97. The summed E-state index contributed by atoms with van der Waals surface area (Å²) in [6, 6.07) is 14.9. The minimum absolute atomic E-state index is 0.126. The molecule has 2 aromatic carbocycles. The summed E-state index contributed by atoms with van der Waals surface area (Å²) in [5, 5.41) is -1.05. The molecule has 0 aliphatic heterocycles. The Balaban J connectivity index is 2.05. The molecule has 218 valence electrons. The third kappa shape index (κ3) is 7.69. The Kier molecular flexibility index (Phi) is 10.2. The molecular formula is C30H43N3O5SSi. The number of sulfonamides is 1. The van der Waals surface area contributed by atoms with Crippen molar-refractivity contribution in [2.24, 2.45) is 0 Å². The lowest BCUT2D eigenvalue weighted by atomic mass is 10.2. The first-order chi connectivity index (χ1) is 18.7. The number of ether oxygens (including phenoxy) is 2. The second-order valence-corrected chi connectivity index (χ2v) is 18.6. The van der Waals surface area contributed by atoms with Crippen LogP contribution in [0.5, 0.6) is 11.5 Å². The average Bonchev–Trinajstić information content (AvgIpc) is 2.91. The van der Waals surface area contributed by atoms with E-state index < -0.39 is 29.7 Å². The van der Waals surface area contributed by atoms with Gasteiger partial charge in [-0.2, -0.15) is 4.31 Å². The van der Waals surface area contributed by atoms with Gasteiger partial charge in [0, 0.05) is 19.3 Å². The van der Waals surface area contributed by atoms with Gasteiger partial charge in [0.15, 0.2) is 8.32 Å². The van der Waals surface area contributed by atoms with Gasteiger partial charge >= 0.3 is 0 Å². The summed E-state index contributed by atoms with van der Waals surface area (Å²) >= 11 is 0. The standard InChI is InChI=1S/C30H43N3O5SSi/c1-22-18-32-28(19-31-22)29(38-40(8,9)30(3,4)5)23(2)39(34,35)33(20-24-10-14-26(36-6)15-11-24)21-25-12-16-27(37-7)17-13-25/h10-19,23,29H,20-21H2,1-9H3/t23-,29+/m0/s1. The van der Waals surface area contributed by atoms with Crippen LogP contribution in [0.2, 0.25) is 18.1 Å². The van der Waals surface area contributed by atoms with Gasteiger partial charge in [0.1, 0.15) is 22.9 Å². The molecule has 2 atom stereocenters. The van der Waals surface area contributed by atoms with E-state index in [0.29, 0.717) is 17.2 Å². The van der Waals surface area contributed by atoms with Crippen LogP contribution in [0.15, 0.2) is 60.9 Å². The molecule has 10 heteroatoms. The Morgan fingerprint density at radius 1 is 0.850 bits per heavy atom. The van der Waals surface area contributed by atoms with Crippen LogP contribution in [0.25, 0.3) is 0 Å². The predicted octanol–water partition coefficient (Wildman–Crippen LogP) is 6.29. The van der Waals surface area contributed by atoms with Crippen molar-refractivity contribution in [2.45, 2.75) is 77.2 Å². The summed E-state index contributed by atoms with van der Waals surface area (Å²) in [7, 11) is -3.08. The number of hydrogen-bond acceptors (Lipinski definition) is 7. The van der Waals surface area contributed by atoms with Crippen molar-refractivity contribution in [2.75, 3.05) is 14.2 Å². The molecular weight excluding hydrogens is 542 g/mol. The maximum Gasteiger partial charge on any atom is 0.220 e. The number of nitrogens with zero attached hydrogens (tertiary/aromatic N) is 3.